The van der Waals surface area contributed by atoms with Crippen molar-refractivity contribution in [2.24, 2.45) is 5.73 Å². The normalized spacial score (nSPS) is 8.00. The minimum absolute atomic E-state index is 0.176. The summed E-state index contributed by atoms with van der Waals surface area (Å²) in [7, 11) is 0. The Kier molecular flexibility index (Phi) is 3.56. The van der Waals surface area contributed by atoms with Crippen LogP contribution in [-0.2, 0) is 9.59 Å². The van der Waals surface area contributed by atoms with Gasteiger partial charge < -0.3 is 11.1 Å². The average Bonchev–Trinajstić information content (AvgIpc) is 1.66. The molecule has 0 aliphatic carbocycles. The van der Waals surface area contributed by atoms with Crippen molar-refractivity contribution in [3.63, 3.8) is 0 Å². The van der Waals surface area contributed by atoms with Gasteiger partial charge in [0.1, 0.15) is 0 Å². The quantitative estimate of drug-likeness (QED) is 0.346. The number of nitrogens with one attached hydrogen (secondary N) is 1. The van der Waals surface area contributed by atoms with Crippen LogP contribution in [-0.4, -0.2) is 18.9 Å². The minimum Gasteiger partial charge on any atom is -0.370 e. The zero-order chi connectivity index (χ0) is 6.41. The maximum atomic E-state index is 9.93. The van der Waals surface area contributed by atoms with E-state index >= 15 is 0 Å². The highest BCUT2D eigenvalue weighted by atomic mass is 16.1. The van der Waals surface area contributed by atoms with Gasteiger partial charge in [-0.05, 0) is 0 Å². The Labute approximate surface area is 47.0 Å². The third-order valence-electron chi connectivity index (χ3n) is 0.569. The minimum atomic E-state index is -0.423. The van der Waals surface area contributed by atoms with E-state index in [0.717, 1.165) is 0 Å². The lowest BCUT2D eigenvalue weighted by Crippen LogP contribution is -2.20. The molecule has 4 heteroatoms. The SMILES string of the molecule is NC(=O)CCN[C]=O. The van der Waals surface area contributed by atoms with Crippen LogP contribution >= 0.6 is 0 Å². The van der Waals surface area contributed by atoms with E-state index in [0.29, 0.717) is 0 Å². The topological polar surface area (TPSA) is 72.2 Å². The molecule has 0 aliphatic rings. The fourth-order valence-corrected chi connectivity index (χ4v) is 0.237. The average molecular weight is 115 g/mol. The Morgan fingerprint density at radius 3 is 2.75 bits per heavy atom. The number of carbonyl (C=O) groups is 1. The number of amides is 2. The smallest absolute Gasteiger partial charge is 0.309 e. The number of nitrogens with two attached hydrogens (primary N) is 1. The lowest BCUT2D eigenvalue weighted by atomic mass is 10.4. The van der Waals surface area contributed by atoms with Crippen molar-refractivity contribution in [2.45, 2.75) is 6.42 Å². The Morgan fingerprint density at radius 2 is 2.38 bits per heavy atom. The second kappa shape index (κ2) is 4.11. The molecular weight excluding hydrogens is 108 g/mol. The Balaban J connectivity index is 2.93. The lowest BCUT2D eigenvalue weighted by Gasteiger charge is -1.89. The summed E-state index contributed by atoms with van der Waals surface area (Å²) in [5.41, 5.74) is 4.72. The van der Waals surface area contributed by atoms with Crippen LogP contribution in [0.2, 0.25) is 0 Å². The third kappa shape index (κ3) is 4.94. The highest BCUT2D eigenvalue weighted by Gasteiger charge is 1.89. The molecule has 0 spiro atoms. The number of hydrogen-bond acceptors (Lipinski definition) is 2. The van der Waals surface area contributed by atoms with Crippen molar-refractivity contribution < 1.29 is 9.59 Å². The maximum Gasteiger partial charge on any atom is 0.309 e. The van der Waals surface area contributed by atoms with E-state index in [-0.39, 0.29) is 13.0 Å². The largest absolute Gasteiger partial charge is 0.370 e. The van der Waals surface area contributed by atoms with Gasteiger partial charge in [0.2, 0.25) is 5.91 Å². The summed E-state index contributed by atoms with van der Waals surface area (Å²) in [4.78, 5) is 19.3. The summed E-state index contributed by atoms with van der Waals surface area (Å²) < 4.78 is 0. The summed E-state index contributed by atoms with van der Waals surface area (Å²) >= 11 is 0. The molecular formula is C4H7N2O2. The summed E-state index contributed by atoms with van der Waals surface area (Å²) in [6, 6.07) is 0. The Hall–Kier alpha value is -1.06. The van der Waals surface area contributed by atoms with Crippen LogP contribution in [0.25, 0.3) is 0 Å². The molecule has 8 heavy (non-hydrogen) atoms. The fourth-order valence-electron chi connectivity index (χ4n) is 0.237. The van der Waals surface area contributed by atoms with Gasteiger partial charge in [0, 0.05) is 13.0 Å². The van der Waals surface area contributed by atoms with Gasteiger partial charge in [0.05, 0.1) is 0 Å². The molecule has 0 fully saturated rings. The second-order valence-corrected chi connectivity index (χ2v) is 1.25. The molecule has 0 rings (SSSR count). The van der Waals surface area contributed by atoms with Gasteiger partial charge in [-0.3, -0.25) is 9.59 Å². The molecule has 0 aromatic rings. The first-order valence-electron chi connectivity index (χ1n) is 2.15. The first-order valence-corrected chi connectivity index (χ1v) is 2.15. The number of hydrogen-bond donors (Lipinski definition) is 2. The van der Waals surface area contributed by atoms with Crippen molar-refractivity contribution in [1.82, 2.24) is 5.32 Å². The number of rotatable bonds is 4. The first kappa shape index (κ1) is 6.94. The van der Waals surface area contributed by atoms with E-state index in [9.17, 15) is 9.59 Å². The molecule has 0 aromatic carbocycles. The summed E-state index contributed by atoms with van der Waals surface area (Å²) in [5, 5.41) is 2.17. The molecule has 0 saturated heterocycles. The van der Waals surface area contributed by atoms with Crippen LogP contribution in [0.15, 0.2) is 0 Å². The monoisotopic (exact) mass is 115 g/mol. The zero-order valence-electron chi connectivity index (χ0n) is 4.31. The predicted octanol–water partition coefficient (Wildman–Crippen LogP) is -1.48. The van der Waals surface area contributed by atoms with Crippen LogP contribution in [0.4, 0.5) is 0 Å². The summed E-state index contributed by atoms with van der Waals surface area (Å²) in [6.45, 7) is 0.277. The van der Waals surface area contributed by atoms with Crippen molar-refractivity contribution >= 4 is 12.3 Å². The van der Waals surface area contributed by atoms with Crippen LogP contribution in [0.5, 0.6) is 0 Å². The van der Waals surface area contributed by atoms with Crippen molar-refractivity contribution in [1.29, 1.82) is 0 Å². The molecule has 45 valence electrons. The molecule has 0 saturated carbocycles. The molecule has 2 amide bonds. The van der Waals surface area contributed by atoms with Gasteiger partial charge >= 0.3 is 6.41 Å². The van der Waals surface area contributed by atoms with Gasteiger partial charge in [-0.1, -0.05) is 0 Å². The first-order chi connectivity index (χ1) is 3.77. The molecule has 0 bridgehead atoms. The Bertz CT molecular complexity index is 92.0. The molecule has 1 radical (unpaired) electrons. The van der Waals surface area contributed by atoms with Crippen LogP contribution in [0.3, 0.4) is 0 Å². The van der Waals surface area contributed by atoms with Gasteiger partial charge in [0.15, 0.2) is 0 Å². The summed E-state index contributed by atoms with van der Waals surface area (Å²) in [5.74, 6) is -0.423. The molecule has 0 unspecified atom stereocenters. The predicted molar refractivity (Wildman–Crippen MR) is 27.5 cm³/mol. The van der Waals surface area contributed by atoms with Gasteiger partial charge in [0.25, 0.3) is 0 Å². The van der Waals surface area contributed by atoms with E-state index < -0.39 is 5.91 Å². The molecule has 0 aromatic heterocycles. The lowest BCUT2D eigenvalue weighted by molar-refractivity contribution is -0.117. The Morgan fingerprint density at radius 1 is 1.75 bits per heavy atom. The van der Waals surface area contributed by atoms with Gasteiger partial charge in [-0.25, -0.2) is 0 Å². The summed E-state index contributed by atoms with van der Waals surface area (Å²) in [6.07, 6.45) is 1.59. The van der Waals surface area contributed by atoms with E-state index in [2.05, 4.69) is 5.32 Å². The fraction of sp³-hybridized carbons (Fsp3) is 0.500. The van der Waals surface area contributed by atoms with E-state index in [1.807, 2.05) is 0 Å². The second-order valence-electron chi connectivity index (χ2n) is 1.25. The van der Waals surface area contributed by atoms with Crippen molar-refractivity contribution in [3.8, 4) is 0 Å². The van der Waals surface area contributed by atoms with E-state index in [4.69, 9.17) is 5.73 Å². The van der Waals surface area contributed by atoms with E-state index in [1.165, 1.54) is 6.41 Å². The number of carbonyl (C=O) groups excluding carboxylic acids is 2. The highest BCUT2D eigenvalue weighted by Crippen LogP contribution is 1.67. The molecule has 4 nitrogen and oxygen atoms in total. The van der Waals surface area contributed by atoms with Crippen molar-refractivity contribution in [2.75, 3.05) is 6.54 Å². The highest BCUT2D eigenvalue weighted by molar-refractivity contribution is 5.74. The van der Waals surface area contributed by atoms with E-state index in [1.54, 1.807) is 0 Å². The van der Waals surface area contributed by atoms with Crippen molar-refractivity contribution in [3.05, 3.63) is 0 Å². The molecule has 0 heterocycles. The zero-order valence-corrected chi connectivity index (χ0v) is 4.31. The van der Waals surface area contributed by atoms with Gasteiger partial charge in [-0.15, -0.1) is 0 Å². The van der Waals surface area contributed by atoms with Gasteiger partial charge in [-0.2, -0.15) is 0 Å². The molecule has 0 aliphatic heterocycles. The maximum absolute atomic E-state index is 9.93. The standard InChI is InChI=1S/C4H7N2O2/c5-4(8)1-2-6-3-7/h1-2H2,(H2,5,8)(H,6,7). The number of primary amides is 1. The third-order valence-corrected chi connectivity index (χ3v) is 0.569. The van der Waals surface area contributed by atoms with Crippen LogP contribution < -0.4 is 11.1 Å². The van der Waals surface area contributed by atoms with Crippen LogP contribution in [0, 0.1) is 0 Å². The molecule has 3 N–H and O–H groups in total. The van der Waals surface area contributed by atoms with Crippen LogP contribution in [0.1, 0.15) is 6.42 Å². The molecule has 0 atom stereocenters.